The molecule has 1 aromatic carbocycles. The number of H-pyrrole nitrogens is 1. The second kappa shape index (κ2) is 8.08. The van der Waals surface area contributed by atoms with Crippen molar-refractivity contribution in [2.75, 3.05) is 40.0 Å². The molecule has 2 aromatic rings. The van der Waals surface area contributed by atoms with E-state index in [-0.39, 0.29) is 12.1 Å². The molecule has 1 saturated heterocycles. The molecule has 0 spiro atoms. The summed E-state index contributed by atoms with van der Waals surface area (Å²) in [6.45, 7) is 4.87. The summed E-state index contributed by atoms with van der Waals surface area (Å²) in [5.41, 5.74) is 3.35. The van der Waals surface area contributed by atoms with Gasteiger partial charge in [0.1, 0.15) is 0 Å². The Morgan fingerprint density at radius 2 is 2.28 bits per heavy atom. The molecular weight excluding hydrogens is 342 g/mol. The fraction of sp³-hybridized carbons (Fsp3) is 0.500. The van der Waals surface area contributed by atoms with Crippen molar-refractivity contribution in [1.82, 2.24) is 15.2 Å². The molecule has 136 valence electrons. The molecule has 1 atom stereocenters. The average Bonchev–Trinajstić information content (AvgIpc) is 2.91. The van der Waals surface area contributed by atoms with Crippen LogP contribution in [-0.4, -0.2) is 62.0 Å². The van der Waals surface area contributed by atoms with Crippen LogP contribution in [0.25, 0.3) is 10.9 Å². The lowest BCUT2D eigenvalue weighted by molar-refractivity contribution is -0.0928. The van der Waals surface area contributed by atoms with Crippen LogP contribution in [0.2, 0.25) is 5.02 Å². The van der Waals surface area contributed by atoms with E-state index in [2.05, 4.69) is 10.3 Å². The Kier molecular flexibility index (Phi) is 5.83. The molecule has 1 fully saturated rings. The lowest BCUT2D eigenvalue weighted by atomic mass is 10.1. The number of benzene rings is 1. The summed E-state index contributed by atoms with van der Waals surface area (Å²) < 4.78 is 10.9. The van der Waals surface area contributed by atoms with Gasteiger partial charge in [-0.3, -0.25) is 0 Å². The molecule has 2 N–H and O–H groups in total. The number of rotatable bonds is 5. The maximum atomic E-state index is 12.2. The Bertz CT molecular complexity index is 740. The molecule has 0 aliphatic carbocycles. The standard InChI is InChI=1S/C18H24ClN3O3/c1-12-15(16-9-13(19)3-4-17(16)21-12)5-6-20-18(23)22(2)10-14-11-24-7-8-25-14/h3-4,9,14,21H,5-8,10-11H2,1-2H3,(H,20,23). The van der Waals surface area contributed by atoms with Crippen molar-refractivity contribution in [3.63, 3.8) is 0 Å². The van der Waals surface area contributed by atoms with Gasteiger partial charge in [-0.25, -0.2) is 4.79 Å². The van der Waals surface area contributed by atoms with Crippen LogP contribution in [0.15, 0.2) is 18.2 Å². The molecule has 6 nitrogen and oxygen atoms in total. The molecule has 7 heteroatoms. The van der Waals surface area contributed by atoms with E-state index in [0.29, 0.717) is 37.9 Å². The van der Waals surface area contributed by atoms with E-state index in [4.69, 9.17) is 21.1 Å². The van der Waals surface area contributed by atoms with Crippen molar-refractivity contribution in [3.05, 3.63) is 34.5 Å². The van der Waals surface area contributed by atoms with Gasteiger partial charge in [0.05, 0.1) is 32.5 Å². The maximum absolute atomic E-state index is 12.2. The molecular formula is C18H24ClN3O3. The minimum atomic E-state index is -0.107. The van der Waals surface area contributed by atoms with Crippen molar-refractivity contribution >= 4 is 28.5 Å². The number of hydrogen-bond donors (Lipinski definition) is 2. The number of ether oxygens (including phenoxy) is 2. The first kappa shape index (κ1) is 18.0. The number of fused-ring (bicyclic) bond motifs is 1. The maximum Gasteiger partial charge on any atom is 0.317 e. The average molecular weight is 366 g/mol. The van der Waals surface area contributed by atoms with Crippen LogP contribution >= 0.6 is 11.6 Å². The highest BCUT2D eigenvalue weighted by Gasteiger charge is 2.19. The monoisotopic (exact) mass is 365 g/mol. The molecule has 25 heavy (non-hydrogen) atoms. The number of aromatic nitrogens is 1. The predicted octanol–water partition coefficient (Wildman–Crippen LogP) is 2.73. The number of nitrogens with one attached hydrogen (secondary N) is 2. The van der Waals surface area contributed by atoms with Gasteiger partial charge in [-0.1, -0.05) is 11.6 Å². The van der Waals surface area contributed by atoms with Crippen LogP contribution in [0.4, 0.5) is 4.79 Å². The second-order valence-corrected chi connectivity index (χ2v) is 6.79. The third-order valence-corrected chi connectivity index (χ3v) is 4.68. The molecule has 0 bridgehead atoms. The number of amides is 2. The van der Waals surface area contributed by atoms with Crippen LogP contribution < -0.4 is 5.32 Å². The highest BCUT2D eigenvalue weighted by Crippen LogP contribution is 2.25. The lowest BCUT2D eigenvalue weighted by Crippen LogP contribution is -2.45. The Morgan fingerprint density at radius 1 is 1.44 bits per heavy atom. The van der Waals surface area contributed by atoms with E-state index < -0.39 is 0 Å². The summed E-state index contributed by atoms with van der Waals surface area (Å²) in [6.07, 6.45) is 0.692. The van der Waals surface area contributed by atoms with E-state index in [1.807, 2.05) is 25.1 Å². The van der Waals surface area contributed by atoms with Crippen LogP contribution in [0.1, 0.15) is 11.3 Å². The first-order valence-corrected chi connectivity index (χ1v) is 8.87. The van der Waals surface area contributed by atoms with E-state index in [1.54, 1.807) is 11.9 Å². The molecule has 3 rings (SSSR count). The number of carbonyl (C=O) groups is 1. The van der Waals surface area contributed by atoms with Gasteiger partial charge >= 0.3 is 6.03 Å². The van der Waals surface area contributed by atoms with Gasteiger partial charge < -0.3 is 24.7 Å². The summed E-state index contributed by atoms with van der Waals surface area (Å²) >= 11 is 6.11. The number of hydrogen-bond acceptors (Lipinski definition) is 3. The summed E-state index contributed by atoms with van der Waals surface area (Å²) in [7, 11) is 1.77. The molecule has 1 aromatic heterocycles. The Morgan fingerprint density at radius 3 is 3.04 bits per heavy atom. The van der Waals surface area contributed by atoms with Crippen molar-refractivity contribution in [2.24, 2.45) is 0 Å². The van der Waals surface area contributed by atoms with Crippen molar-refractivity contribution in [3.8, 4) is 0 Å². The predicted molar refractivity (Wildman–Crippen MR) is 98.3 cm³/mol. The minimum Gasteiger partial charge on any atom is -0.376 e. The van der Waals surface area contributed by atoms with Gasteiger partial charge in [0, 0.05) is 35.2 Å². The van der Waals surface area contributed by atoms with Gasteiger partial charge in [-0.2, -0.15) is 0 Å². The summed E-state index contributed by atoms with van der Waals surface area (Å²) in [5, 5.41) is 4.79. The zero-order chi connectivity index (χ0) is 17.8. The number of aryl methyl sites for hydroxylation is 1. The van der Waals surface area contributed by atoms with Crippen LogP contribution in [0.3, 0.4) is 0 Å². The van der Waals surface area contributed by atoms with Gasteiger partial charge in [-0.15, -0.1) is 0 Å². The van der Waals surface area contributed by atoms with Crippen LogP contribution in [-0.2, 0) is 15.9 Å². The SMILES string of the molecule is Cc1[nH]c2ccc(Cl)cc2c1CCNC(=O)N(C)CC1COCCO1. The van der Waals surface area contributed by atoms with E-state index in [1.165, 1.54) is 5.56 Å². The second-order valence-electron chi connectivity index (χ2n) is 6.35. The van der Waals surface area contributed by atoms with Crippen LogP contribution in [0.5, 0.6) is 0 Å². The highest BCUT2D eigenvalue weighted by molar-refractivity contribution is 6.31. The number of nitrogens with zero attached hydrogens (tertiary/aromatic N) is 1. The summed E-state index contributed by atoms with van der Waals surface area (Å²) in [5.74, 6) is 0. The van der Waals surface area contributed by atoms with E-state index in [0.717, 1.165) is 23.0 Å². The first-order chi connectivity index (χ1) is 12.0. The number of urea groups is 1. The lowest BCUT2D eigenvalue weighted by Gasteiger charge is -2.27. The van der Waals surface area contributed by atoms with Crippen LogP contribution in [0, 0.1) is 6.92 Å². The fourth-order valence-corrected chi connectivity index (χ4v) is 3.31. The number of halogens is 1. The summed E-state index contributed by atoms with van der Waals surface area (Å²) in [6, 6.07) is 5.71. The Hall–Kier alpha value is -1.76. The normalized spacial score (nSPS) is 17.6. The number of carbonyl (C=O) groups excluding carboxylic acids is 1. The molecule has 1 aliphatic heterocycles. The highest BCUT2D eigenvalue weighted by atomic mass is 35.5. The van der Waals surface area contributed by atoms with Gasteiger partial charge in [0.15, 0.2) is 0 Å². The molecule has 0 radical (unpaired) electrons. The topological polar surface area (TPSA) is 66.6 Å². The van der Waals surface area contributed by atoms with Crippen molar-refractivity contribution in [1.29, 1.82) is 0 Å². The van der Waals surface area contributed by atoms with Gasteiger partial charge in [-0.05, 0) is 37.1 Å². The third-order valence-electron chi connectivity index (χ3n) is 4.44. The van der Waals surface area contributed by atoms with Crippen molar-refractivity contribution < 1.29 is 14.3 Å². The summed E-state index contributed by atoms with van der Waals surface area (Å²) in [4.78, 5) is 17.2. The van der Waals surface area contributed by atoms with Gasteiger partial charge in [0.2, 0.25) is 0 Å². The van der Waals surface area contributed by atoms with E-state index in [9.17, 15) is 4.79 Å². The molecule has 1 unspecified atom stereocenters. The Labute approximate surface area is 152 Å². The zero-order valence-corrected chi connectivity index (χ0v) is 15.4. The first-order valence-electron chi connectivity index (χ1n) is 8.49. The van der Waals surface area contributed by atoms with Crippen molar-refractivity contribution in [2.45, 2.75) is 19.4 Å². The van der Waals surface area contributed by atoms with E-state index >= 15 is 0 Å². The van der Waals surface area contributed by atoms with Gasteiger partial charge in [0.25, 0.3) is 0 Å². The molecule has 2 heterocycles. The minimum absolute atomic E-state index is 0.0532. The molecule has 2 amide bonds. The largest absolute Gasteiger partial charge is 0.376 e. The molecule has 1 aliphatic rings. The number of aromatic amines is 1. The smallest absolute Gasteiger partial charge is 0.317 e. The molecule has 0 saturated carbocycles. The Balaban J connectivity index is 1.53. The quantitative estimate of drug-likeness (QED) is 0.856. The third kappa shape index (κ3) is 4.45. The fourth-order valence-electron chi connectivity index (χ4n) is 3.14. The zero-order valence-electron chi connectivity index (χ0n) is 14.6. The number of likely N-dealkylation sites (N-methyl/N-ethyl adjacent to an activating group) is 1.